The molecule has 0 spiro atoms. The summed E-state index contributed by atoms with van der Waals surface area (Å²) in [6.45, 7) is 13.4. The van der Waals surface area contributed by atoms with Crippen LogP contribution in [0.5, 0.6) is 0 Å². The van der Waals surface area contributed by atoms with E-state index in [1.807, 2.05) is 0 Å². The van der Waals surface area contributed by atoms with Crippen LogP contribution in [0.4, 0.5) is 0 Å². The second-order valence-corrected chi connectivity index (χ2v) is 8.47. The molecule has 0 atom stereocenters. The average molecular weight is 363 g/mol. The number of allylic oxidation sites excluding steroid dienone is 1. The zero-order valence-corrected chi connectivity index (χ0v) is 17.9. The van der Waals surface area contributed by atoms with E-state index in [0.29, 0.717) is 0 Å². The average Bonchev–Trinajstić information content (AvgIpc) is 3.06. The molecule has 1 aliphatic rings. The molecule has 0 aromatic heterocycles. The van der Waals surface area contributed by atoms with Crippen molar-refractivity contribution in [3.63, 3.8) is 0 Å². The molecule has 0 aliphatic heterocycles. The van der Waals surface area contributed by atoms with E-state index in [9.17, 15) is 0 Å². The second-order valence-electron chi connectivity index (χ2n) is 8.47. The molecule has 4 rings (SSSR count). The molecule has 28 heavy (non-hydrogen) atoms. The molecule has 0 fully saturated rings. The van der Waals surface area contributed by atoms with Gasteiger partial charge in [-0.25, -0.2) is 16.0 Å². The second kappa shape index (κ2) is 7.06. The van der Waals surface area contributed by atoms with Crippen LogP contribution in [0, 0.1) is 46.7 Å². The Balaban J connectivity index is 2.18. The van der Waals surface area contributed by atoms with Crippen LogP contribution in [-0.4, -0.2) is 6.35 Å². The summed E-state index contributed by atoms with van der Waals surface area (Å²) >= 11 is 0. The summed E-state index contributed by atoms with van der Waals surface area (Å²) in [5, 5.41) is 2.70. The third kappa shape index (κ3) is 3.20. The highest BCUT2D eigenvalue weighted by atomic mass is 14.1. The highest BCUT2D eigenvalue weighted by Gasteiger charge is 2.08. The lowest BCUT2D eigenvalue weighted by molar-refractivity contribution is 1.34. The van der Waals surface area contributed by atoms with Gasteiger partial charge in [-0.1, -0.05) is 100 Å². The van der Waals surface area contributed by atoms with E-state index in [1.54, 1.807) is 0 Å². The van der Waals surface area contributed by atoms with Gasteiger partial charge >= 0.3 is 0 Å². The van der Waals surface area contributed by atoms with Crippen LogP contribution >= 0.6 is 0 Å². The fourth-order valence-electron chi connectivity index (χ4n) is 5.10. The van der Waals surface area contributed by atoms with Crippen molar-refractivity contribution in [1.29, 1.82) is 0 Å². The summed E-state index contributed by atoms with van der Waals surface area (Å²) in [6, 6.07) is 16.3. The zero-order chi connectivity index (χ0) is 20.0. The number of hydrogen-bond acceptors (Lipinski definition) is 0. The lowest BCUT2D eigenvalue weighted by atomic mass is 9.46. The van der Waals surface area contributed by atoms with Gasteiger partial charge in [0.15, 0.2) is 0 Å². The summed E-state index contributed by atoms with van der Waals surface area (Å²) < 4.78 is 0. The van der Waals surface area contributed by atoms with Gasteiger partial charge in [0.1, 0.15) is 0 Å². The van der Waals surface area contributed by atoms with Crippen molar-refractivity contribution in [3.8, 4) is 0 Å². The molecule has 0 heterocycles. The number of benzene rings is 3. The molecular formula is C27H28B-. The lowest BCUT2D eigenvalue weighted by Gasteiger charge is -2.30. The van der Waals surface area contributed by atoms with E-state index >= 15 is 0 Å². The molecule has 0 saturated heterocycles. The summed E-state index contributed by atoms with van der Waals surface area (Å²) in [5.74, 6) is 0. The van der Waals surface area contributed by atoms with Crippen LogP contribution in [0.25, 0.3) is 12.2 Å². The molecule has 0 amide bonds. The Kier molecular flexibility index (Phi) is 4.71. The molecule has 0 radical (unpaired) electrons. The molecule has 3 aromatic rings. The predicted molar refractivity (Wildman–Crippen MR) is 125 cm³/mol. The molecule has 0 bridgehead atoms. The van der Waals surface area contributed by atoms with Crippen LogP contribution < -0.4 is 16.1 Å². The first kappa shape index (κ1) is 18.7. The Morgan fingerprint density at radius 1 is 0.607 bits per heavy atom. The van der Waals surface area contributed by atoms with Gasteiger partial charge in [-0.2, -0.15) is 0 Å². The van der Waals surface area contributed by atoms with Gasteiger partial charge in [-0.3, -0.25) is 0 Å². The van der Waals surface area contributed by atoms with Gasteiger partial charge in [-0.15, -0.1) is 0 Å². The van der Waals surface area contributed by atoms with Gasteiger partial charge in [0, 0.05) is 0 Å². The minimum Gasteiger partial charge on any atom is -0.222 e. The largest absolute Gasteiger partial charge is 0.222 e. The lowest BCUT2D eigenvalue weighted by Crippen LogP contribution is -2.41. The van der Waals surface area contributed by atoms with E-state index in [0.717, 1.165) is 0 Å². The maximum atomic E-state index is 2.39. The normalized spacial score (nSPS) is 12.1. The van der Waals surface area contributed by atoms with Gasteiger partial charge in [0.05, 0.1) is 0 Å². The molecule has 1 heteroatoms. The van der Waals surface area contributed by atoms with Gasteiger partial charge < -0.3 is 0 Å². The van der Waals surface area contributed by atoms with Crippen LogP contribution in [0.2, 0.25) is 0 Å². The number of aryl methyl sites for hydroxylation is 6. The third-order valence-corrected chi connectivity index (χ3v) is 6.05. The van der Waals surface area contributed by atoms with Gasteiger partial charge in [0.25, 0.3) is 0 Å². The summed E-state index contributed by atoms with van der Waals surface area (Å²) in [7, 11) is 0. The molecule has 0 nitrogen and oxygen atoms in total. The van der Waals surface area contributed by atoms with Crippen molar-refractivity contribution < 1.29 is 0 Å². The third-order valence-electron chi connectivity index (χ3n) is 6.05. The minimum absolute atomic E-state index is 0.250. The Hall–Kier alpha value is -2.67. The summed E-state index contributed by atoms with van der Waals surface area (Å²) in [4.78, 5) is 0. The van der Waals surface area contributed by atoms with Crippen molar-refractivity contribution >= 4 is 29.4 Å². The first-order chi connectivity index (χ1) is 13.3. The van der Waals surface area contributed by atoms with Crippen LogP contribution in [0.15, 0.2) is 48.5 Å². The topological polar surface area (TPSA) is 0 Å². The monoisotopic (exact) mass is 363 g/mol. The van der Waals surface area contributed by atoms with E-state index in [2.05, 4.69) is 102 Å². The van der Waals surface area contributed by atoms with Crippen molar-refractivity contribution in [3.05, 3.63) is 97.8 Å². The first-order valence-corrected chi connectivity index (χ1v) is 10.2. The van der Waals surface area contributed by atoms with Crippen molar-refractivity contribution in [2.45, 2.75) is 41.5 Å². The molecule has 140 valence electrons. The molecule has 0 N–H and O–H groups in total. The molecule has 0 unspecified atom stereocenters. The standard InChI is InChI=1S/C27H28B/c1-17-12-19(3)26(20(4)13-17)28(27-21(5)14-18(2)15-22(27)6)25-11-10-23-8-7-9-24(23)16-25/h7-16H,1-6H3/q-1. The molecule has 3 aromatic carbocycles. The number of rotatable bonds is 2. The van der Waals surface area contributed by atoms with Crippen molar-refractivity contribution in [1.82, 2.24) is 0 Å². The van der Waals surface area contributed by atoms with Crippen molar-refractivity contribution in [2.75, 3.05) is 0 Å². The fourth-order valence-corrected chi connectivity index (χ4v) is 5.10. The SMILES string of the molecule is Cc1cc(C)c([B-](c2c(C)cc(C)cc2C)=c2ccc3c(c2)C=CC=3)c(C)c1. The Morgan fingerprint density at radius 3 is 1.61 bits per heavy atom. The maximum absolute atomic E-state index is 2.39. The Morgan fingerprint density at radius 2 is 1.11 bits per heavy atom. The van der Waals surface area contributed by atoms with E-state index in [1.165, 1.54) is 60.2 Å². The maximum Gasteiger partial charge on any atom is -0.0186 e. The summed E-state index contributed by atoms with van der Waals surface area (Å²) in [5.41, 5.74) is 12.4. The van der Waals surface area contributed by atoms with E-state index < -0.39 is 0 Å². The highest BCUT2D eigenvalue weighted by molar-refractivity contribution is 6.79. The predicted octanol–water partition coefficient (Wildman–Crippen LogP) is 4.49. The minimum atomic E-state index is 0.250. The number of fused-ring (bicyclic) bond motifs is 1. The van der Waals surface area contributed by atoms with Crippen LogP contribution in [0.1, 0.15) is 38.9 Å². The number of hydrogen-bond donors (Lipinski definition) is 0. The van der Waals surface area contributed by atoms with Crippen LogP contribution in [0.3, 0.4) is 0 Å². The summed E-state index contributed by atoms with van der Waals surface area (Å²) in [6.07, 6.45) is 6.81. The van der Waals surface area contributed by atoms with Crippen LogP contribution in [-0.2, 0) is 0 Å². The zero-order valence-electron chi connectivity index (χ0n) is 17.9. The van der Waals surface area contributed by atoms with E-state index in [-0.39, 0.29) is 6.35 Å². The molecular weight excluding hydrogens is 335 g/mol. The molecule has 1 aliphatic carbocycles. The Bertz CT molecular complexity index is 1150. The van der Waals surface area contributed by atoms with Gasteiger partial charge in [0.2, 0.25) is 0 Å². The Labute approximate surface area is 169 Å². The first-order valence-electron chi connectivity index (χ1n) is 10.2. The highest BCUT2D eigenvalue weighted by Crippen LogP contribution is 2.12. The molecule has 0 saturated carbocycles. The van der Waals surface area contributed by atoms with Gasteiger partial charge in [-0.05, 0) is 52.3 Å². The fraction of sp³-hybridized carbons (Fsp3) is 0.222. The quantitative estimate of drug-likeness (QED) is 0.589. The smallest absolute Gasteiger partial charge is 0.0186 e. The van der Waals surface area contributed by atoms with E-state index in [4.69, 9.17) is 0 Å². The van der Waals surface area contributed by atoms with Crippen molar-refractivity contribution in [2.24, 2.45) is 0 Å².